The van der Waals surface area contributed by atoms with Gasteiger partial charge in [0.2, 0.25) is 10.0 Å². The topological polar surface area (TPSA) is 40.6 Å². The van der Waals surface area contributed by atoms with Crippen LogP contribution in [0.15, 0.2) is 53.4 Å². The molecule has 0 unspecified atom stereocenters. The molecular weight excluding hydrogens is 320 g/mol. The molecule has 130 valence electrons. The fourth-order valence-electron chi connectivity index (χ4n) is 2.45. The molecule has 0 radical (unpaired) electrons. The van der Waals surface area contributed by atoms with Crippen LogP contribution in [-0.2, 0) is 16.6 Å². The summed E-state index contributed by atoms with van der Waals surface area (Å²) in [5.41, 5.74) is 3.19. The maximum absolute atomic E-state index is 12.7. The molecule has 2 aromatic carbocycles. The van der Waals surface area contributed by atoms with Crippen molar-refractivity contribution in [1.29, 1.82) is 0 Å². The number of benzene rings is 2. The zero-order valence-electron chi connectivity index (χ0n) is 15.0. The Labute approximate surface area is 145 Å². The lowest BCUT2D eigenvalue weighted by atomic mass is 10.0. The zero-order chi connectivity index (χ0) is 17.9. The second-order valence-electron chi connectivity index (χ2n) is 6.55. The summed E-state index contributed by atoms with van der Waals surface area (Å²) in [4.78, 5) is 2.35. The summed E-state index contributed by atoms with van der Waals surface area (Å²) >= 11 is 0. The van der Waals surface area contributed by atoms with Crippen LogP contribution in [0, 0.1) is 0 Å². The molecule has 2 rings (SSSR count). The number of hydrogen-bond donors (Lipinski definition) is 0. The molecule has 0 aromatic heterocycles. The lowest BCUT2D eigenvalue weighted by molar-refractivity contribution is 0.466. The molecule has 0 aliphatic heterocycles. The molecule has 0 amide bonds. The van der Waals surface area contributed by atoms with E-state index in [1.165, 1.54) is 4.31 Å². The van der Waals surface area contributed by atoms with Crippen molar-refractivity contribution in [3.05, 3.63) is 59.7 Å². The van der Waals surface area contributed by atoms with Crippen LogP contribution in [0.4, 0.5) is 5.69 Å². The number of rotatable bonds is 6. The van der Waals surface area contributed by atoms with Gasteiger partial charge in [-0.15, -0.1) is 0 Å². The standard InChI is InChI=1S/C19H26N2O2S/c1-15(2)17-8-12-19(13-9-17)24(22,23)21(5)14-16-6-10-18(11-7-16)20(3)4/h6-13,15H,14H2,1-5H3. The van der Waals surface area contributed by atoms with Crippen molar-refractivity contribution in [2.75, 3.05) is 26.0 Å². The SMILES string of the molecule is CC(C)c1ccc(S(=O)(=O)N(C)Cc2ccc(N(C)C)cc2)cc1. The van der Waals surface area contributed by atoms with Crippen molar-refractivity contribution in [3.63, 3.8) is 0 Å². The molecule has 0 bridgehead atoms. The van der Waals surface area contributed by atoms with Gasteiger partial charge in [0.15, 0.2) is 0 Å². The Morgan fingerprint density at radius 3 is 1.88 bits per heavy atom. The molecule has 4 nitrogen and oxygen atoms in total. The third-order valence-corrected chi connectivity index (χ3v) is 5.93. The highest BCUT2D eigenvalue weighted by Gasteiger charge is 2.21. The van der Waals surface area contributed by atoms with E-state index in [9.17, 15) is 8.42 Å². The van der Waals surface area contributed by atoms with E-state index >= 15 is 0 Å². The van der Waals surface area contributed by atoms with Crippen molar-refractivity contribution in [1.82, 2.24) is 4.31 Å². The van der Waals surface area contributed by atoms with Crippen LogP contribution in [0.5, 0.6) is 0 Å². The summed E-state index contributed by atoms with van der Waals surface area (Å²) in [6, 6.07) is 15.1. The molecule has 2 aromatic rings. The Morgan fingerprint density at radius 1 is 0.875 bits per heavy atom. The number of nitrogens with zero attached hydrogens (tertiary/aromatic N) is 2. The van der Waals surface area contributed by atoms with Gasteiger partial charge in [-0.2, -0.15) is 4.31 Å². The number of hydrogen-bond acceptors (Lipinski definition) is 3. The highest BCUT2D eigenvalue weighted by molar-refractivity contribution is 7.89. The van der Waals surface area contributed by atoms with Crippen LogP contribution in [0.25, 0.3) is 0 Å². The Balaban J connectivity index is 2.16. The van der Waals surface area contributed by atoms with Gasteiger partial charge >= 0.3 is 0 Å². The third-order valence-electron chi connectivity index (χ3n) is 4.11. The maximum atomic E-state index is 12.7. The lowest BCUT2D eigenvalue weighted by Gasteiger charge is -2.19. The molecule has 0 aliphatic carbocycles. The van der Waals surface area contributed by atoms with Crippen LogP contribution in [0.3, 0.4) is 0 Å². The molecule has 5 heteroatoms. The Kier molecular flexibility index (Phi) is 5.67. The van der Waals surface area contributed by atoms with E-state index in [-0.39, 0.29) is 0 Å². The van der Waals surface area contributed by atoms with E-state index in [1.54, 1.807) is 19.2 Å². The van der Waals surface area contributed by atoms with Gasteiger partial charge in [-0.1, -0.05) is 38.1 Å². The smallest absolute Gasteiger partial charge is 0.243 e. The van der Waals surface area contributed by atoms with E-state index in [4.69, 9.17) is 0 Å². The Bertz CT molecular complexity index is 764. The predicted molar refractivity (Wildman–Crippen MR) is 100.0 cm³/mol. The second kappa shape index (κ2) is 7.36. The summed E-state index contributed by atoms with van der Waals surface area (Å²) in [6.07, 6.45) is 0. The van der Waals surface area contributed by atoms with Gasteiger partial charge in [-0.05, 0) is 41.3 Å². The molecule has 0 spiro atoms. The minimum absolute atomic E-state index is 0.333. The number of sulfonamides is 1. The first-order chi connectivity index (χ1) is 11.2. The summed E-state index contributed by atoms with van der Waals surface area (Å²) in [7, 11) is 2.09. The molecule has 0 saturated heterocycles. The quantitative estimate of drug-likeness (QED) is 0.801. The van der Waals surface area contributed by atoms with E-state index in [1.807, 2.05) is 55.4 Å². The van der Waals surface area contributed by atoms with Crippen molar-refractivity contribution < 1.29 is 8.42 Å². The summed E-state index contributed by atoms with van der Waals surface area (Å²) < 4.78 is 26.8. The van der Waals surface area contributed by atoms with Crippen LogP contribution in [0.1, 0.15) is 30.9 Å². The highest BCUT2D eigenvalue weighted by Crippen LogP contribution is 2.21. The maximum Gasteiger partial charge on any atom is 0.243 e. The molecule has 0 fully saturated rings. The number of anilines is 1. The lowest BCUT2D eigenvalue weighted by Crippen LogP contribution is -2.26. The molecule has 0 heterocycles. The molecular formula is C19H26N2O2S. The summed E-state index contributed by atoms with van der Waals surface area (Å²) in [5.74, 6) is 0.384. The minimum atomic E-state index is -3.48. The zero-order valence-corrected chi connectivity index (χ0v) is 15.8. The summed E-state index contributed by atoms with van der Waals surface area (Å²) in [5, 5.41) is 0. The monoisotopic (exact) mass is 346 g/mol. The average Bonchev–Trinajstić information content (AvgIpc) is 2.55. The van der Waals surface area contributed by atoms with E-state index in [2.05, 4.69) is 13.8 Å². The Hall–Kier alpha value is -1.85. The van der Waals surface area contributed by atoms with Gasteiger partial charge < -0.3 is 4.90 Å². The fraction of sp³-hybridized carbons (Fsp3) is 0.368. The van der Waals surface area contributed by atoms with Gasteiger partial charge in [0, 0.05) is 33.4 Å². The van der Waals surface area contributed by atoms with Gasteiger partial charge in [-0.3, -0.25) is 0 Å². The Morgan fingerprint density at radius 2 is 1.42 bits per heavy atom. The molecule has 0 N–H and O–H groups in total. The van der Waals surface area contributed by atoms with Crippen LogP contribution in [0.2, 0.25) is 0 Å². The highest BCUT2D eigenvalue weighted by atomic mass is 32.2. The van der Waals surface area contributed by atoms with Crippen molar-refractivity contribution in [2.24, 2.45) is 0 Å². The van der Waals surface area contributed by atoms with Gasteiger partial charge in [0.25, 0.3) is 0 Å². The molecule has 24 heavy (non-hydrogen) atoms. The second-order valence-corrected chi connectivity index (χ2v) is 8.59. The van der Waals surface area contributed by atoms with Crippen LogP contribution >= 0.6 is 0 Å². The van der Waals surface area contributed by atoms with Gasteiger partial charge in [0.1, 0.15) is 0 Å². The normalized spacial score (nSPS) is 12.0. The van der Waals surface area contributed by atoms with E-state index in [0.717, 1.165) is 16.8 Å². The van der Waals surface area contributed by atoms with E-state index in [0.29, 0.717) is 17.4 Å². The minimum Gasteiger partial charge on any atom is -0.378 e. The molecule has 0 atom stereocenters. The van der Waals surface area contributed by atoms with Gasteiger partial charge in [-0.25, -0.2) is 8.42 Å². The van der Waals surface area contributed by atoms with Crippen molar-refractivity contribution in [2.45, 2.75) is 31.2 Å². The van der Waals surface area contributed by atoms with Crippen molar-refractivity contribution in [3.8, 4) is 0 Å². The largest absolute Gasteiger partial charge is 0.378 e. The van der Waals surface area contributed by atoms with Crippen LogP contribution < -0.4 is 4.90 Å². The van der Waals surface area contributed by atoms with Gasteiger partial charge in [0.05, 0.1) is 4.90 Å². The molecule has 0 aliphatic rings. The average molecular weight is 346 g/mol. The summed E-state index contributed by atoms with van der Waals surface area (Å²) in [6.45, 7) is 4.53. The van der Waals surface area contributed by atoms with Crippen LogP contribution in [-0.4, -0.2) is 33.9 Å². The molecule has 0 saturated carbocycles. The van der Waals surface area contributed by atoms with Crippen molar-refractivity contribution >= 4 is 15.7 Å². The fourth-order valence-corrected chi connectivity index (χ4v) is 3.61. The first-order valence-electron chi connectivity index (χ1n) is 8.04. The predicted octanol–water partition coefficient (Wildman–Crippen LogP) is 3.70. The van der Waals surface area contributed by atoms with E-state index < -0.39 is 10.0 Å². The third kappa shape index (κ3) is 4.16. The first kappa shape index (κ1) is 18.5. The first-order valence-corrected chi connectivity index (χ1v) is 9.48.